The zero-order valence-electron chi connectivity index (χ0n) is 7.84. The number of hydrogen-bond acceptors (Lipinski definition) is 4. The number of carboxylic acids is 1. The first kappa shape index (κ1) is 11.5. The largest absolute Gasteiger partial charge is 0.477 e. The second kappa shape index (κ2) is 4.10. The quantitative estimate of drug-likeness (QED) is 0.552. The fraction of sp³-hybridized carbons (Fsp3) is 0.375. The number of nitrogens with zero attached hydrogens (tertiary/aromatic N) is 1. The molecular formula is C8H7BrN2O4S. The monoisotopic (exact) mass is 306 g/mol. The second-order valence-electron chi connectivity index (χ2n) is 3.23. The molecule has 2 heterocycles. The van der Waals surface area contributed by atoms with Crippen LogP contribution in [0.15, 0.2) is 10.2 Å². The third-order valence-electron chi connectivity index (χ3n) is 2.37. The lowest BCUT2D eigenvalue weighted by molar-refractivity contribution is -0.149. The summed E-state index contributed by atoms with van der Waals surface area (Å²) in [7, 11) is 0. The maximum atomic E-state index is 11.6. The molecule has 0 aromatic carbocycles. The maximum Gasteiger partial charge on any atom is 0.353 e. The minimum absolute atomic E-state index is 0.0299. The number of thioether (sulfide) groups is 1. The summed E-state index contributed by atoms with van der Waals surface area (Å²) >= 11 is 4.55. The van der Waals surface area contributed by atoms with Crippen LogP contribution in [0.25, 0.3) is 0 Å². The normalized spacial score (nSPS) is 28.3. The van der Waals surface area contributed by atoms with E-state index in [1.807, 2.05) is 0 Å². The summed E-state index contributed by atoms with van der Waals surface area (Å²) in [5, 5.41) is 11.1. The van der Waals surface area contributed by atoms with Gasteiger partial charge in [-0.05, 0) is 0 Å². The van der Waals surface area contributed by atoms with E-state index in [9.17, 15) is 14.4 Å². The molecule has 16 heavy (non-hydrogen) atoms. The lowest BCUT2D eigenvalue weighted by atomic mass is 10.1. The van der Waals surface area contributed by atoms with E-state index < -0.39 is 17.9 Å². The van der Waals surface area contributed by atoms with Crippen molar-refractivity contribution in [1.29, 1.82) is 0 Å². The van der Waals surface area contributed by atoms with Gasteiger partial charge in [-0.1, -0.05) is 15.9 Å². The maximum absolute atomic E-state index is 11.6. The number of β-lactam (4-membered cyclic amide) rings is 1. The number of carboxylic acid groups (broad SMARTS) is 1. The fourth-order valence-electron chi connectivity index (χ4n) is 1.68. The van der Waals surface area contributed by atoms with Crippen LogP contribution in [0.3, 0.4) is 0 Å². The van der Waals surface area contributed by atoms with Gasteiger partial charge in [-0.15, -0.1) is 11.8 Å². The van der Waals surface area contributed by atoms with Crippen LogP contribution in [0.5, 0.6) is 0 Å². The molecule has 1 fully saturated rings. The van der Waals surface area contributed by atoms with Crippen LogP contribution in [0, 0.1) is 0 Å². The van der Waals surface area contributed by atoms with Crippen LogP contribution < -0.4 is 5.32 Å². The van der Waals surface area contributed by atoms with Gasteiger partial charge in [-0.3, -0.25) is 14.5 Å². The molecular weight excluding hydrogens is 300 g/mol. The molecule has 0 radical (unpaired) electrons. The first-order valence-electron chi connectivity index (χ1n) is 4.34. The summed E-state index contributed by atoms with van der Waals surface area (Å²) in [5.74, 6) is -1.05. The van der Waals surface area contributed by atoms with Gasteiger partial charge in [0.1, 0.15) is 17.1 Å². The van der Waals surface area contributed by atoms with Crippen molar-refractivity contribution in [2.24, 2.45) is 0 Å². The Balaban J connectivity index is 2.27. The molecule has 0 aliphatic carbocycles. The van der Waals surface area contributed by atoms with Crippen LogP contribution in [0.1, 0.15) is 0 Å². The van der Waals surface area contributed by atoms with Gasteiger partial charge < -0.3 is 10.4 Å². The third-order valence-corrected chi connectivity index (χ3v) is 4.68. The lowest BCUT2D eigenvalue weighted by Gasteiger charge is -2.48. The van der Waals surface area contributed by atoms with Gasteiger partial charge in [-0.25, -0.2) is 4.79 Å². The lowest BCUT2D eigenvalue weighted by Crippen LogP contribution is -2.69. The molecule has 6 nitrogen and oxygen atoms in total. The SMILES string of the molecule is O=CNC1C(=O)N2C(C(=O)O)=C(Br)CS[C@@H]12. The Kier molecular flexibility index (Phi) is 2.94. The number of carbonyl (C=O) groups excluding carboxylic acids is 2. The average Bonchev–Trinajstić information content (AvgIpc) is 2.25. The van der Waals surface area contributed by atoms with E-state index >= 15 is 0 Å². The Labute approximate surface area is 103 Å². The van der Waals surface area contributed by atoms with Crippen molar-refractivity contribution >= 4 is 46.0 Å². The number of halogens is 1. The zero-order valence-corrected chi connectivity index (χ0v) is 10.2. The topological polar surface area (TPSA) is 86.7 Å². The number of carbonyl (C=O) groups is 3. The molecule has 2 atom stereocenters. The van der Waals surface area contributed by atoms with Crippen molar-refractivity contribution < 1.29 is 19.5 Å². The molecule has 2 amide bonds. The Morgan fingerprint density at radius 3 is 2.94 bits per heavy atom. The molecule has 1 unspecified atom stereocenters. The standard InChI is InChI=1S/C8H7BrN2O4S/c9-3-1-16-7-4(10-2-12)6(13)11(7)5(3)8(14)15/h2,4,7H,1H2,(H,10,12)(H,14,15)/t4?,7-/m0/s1. The van der Waals surface area contributed by atoms with E-state index in [2.05, 4.69) is 21.2 Å². The molecule has 0 spiro atoms. The fourth-order valence-corrected chi connectivity index (χ4v) is 3.63. The smallest absolute Gasteiger partial charge is 0.353 e. The molecule has 0 aromatic heterocycles. The molecule has 8 heteroatoms. The van der Waals surface area contributed by atoms with Crippen LogP contribution >= 0.6 is 27.7 Å². The number of nitrogens with one attached hydrogen (secondary N) is 1. The summed E-state index contributed by atoms with van der Waals surface area (Å²) in [6.07, 6.45) is 0.453. The summed E-state index contributed by atoms with van der Waals surface area (Å²) < 4.78 is 0.485. The zero-order chi connectivity index (χ0) is 11.9. The van der Waals surface area contributed by atoms with Crippen molar-refractivity contribution in [2.75, 3.05) is 5.75 Å². The van der Waals surface area contributed by atoms with Crippen molar-refractivity contribution in [1.82, 2.24) is 10.2 Å². The Morgan fingerprint density at radius 2 is 2.38 bits per heavy atom. The minimum Gasteiger partial charge on any atom is -0.477 e. The number of aliphatic carboxylic acids is 1. The summed E-state index contributed by atoms with van der Waals surface area (Å²) in [5.41, 5.74) is -0.0299. The number of fused-ring (bicyclic) bond motifs is 1. The van der Waals surface area contributed by atoms with Crippen molar-refractivity contribution in [3.63, 3.8) is 0 Å². The number of rotatable bonds is 3. The average molecular weight is 307 g/mol. The molecule has 2 N–H and O–H groups in total. The van der Waals surface area contributed by atoms with Gasteiger partial charge in [0.05, 0.1) is 0 Å². The van der Waals surface area contributed by atoms with Crippen molar-refractivity contribution in [3.05, 3.63) is 10.2 Å². The molecule has 1 saturated heterocycles. The van der Waals surface area contributed by atoms with Crippen molar-refractivity contribution in [3.8, 4) is 0 Å². The molecule has 2 rings (SSSR count). The molecule has 2 aliphatic rings. The van der Waals surface area contributed by atoms with E-state index in [1.54, 1.807) is 0 Å². The summed E-state index contributed by atoms with van der Waals surface area (Å²) in [6, 6.07) is -0.613. The van der Waals surface area contributed by atoms with Gasteiger partial charge >= 0.3 is 5.97 Å². The first-order valence-corrected chi connectivity index (χ1v) is 6.18. The Hall–Kier alpha value is -1.02. The minimum atomic E-state index is -1.14. The highest BCUT2D eigenvalue weighted by atomic mass is 79.9. The highest BCUT2D eigenvalue weighted by Gasteiger charge is 2.53. The van der Waals surface area contributed by atoms with E-state index in [0.717, 1.165) is 0 Å². The van der Waals surface area contributed by atoms with Gasteiger partial charge in [-0.2, -0.15) is 0 Å². The Bertz CT molecular complexity index is 411. The van der Waals surface area contributed by atoms with E-state index in [-0.39, 0.29) is 11.1 Å². The van der Waals surface area contributed by atoms with E-state index in [4.69, 9.17) is 5.11 Å². The van der Waals surface area contributed by atoms with Crippen molar-refractivity contribution in [2.45, 2.75) is 11.4 Å². The summed E-state index contributed by atoms with van der Waals surface area (Å²) in [6.45, 7) is 0. The predicted octanol–water partition coefficient (Wildman–Crippen LogP) is -0.293. The molecule has 86 valence electrons. The van der Waals surface area contributed by atoms with Crippen LogP contribution in [-0.2, 0) is 14.4 Å². The number of hydrogen-bond donors (Lipinski definition) is 2. The molecule has 0 saturated carbocycles. The van der Waals surface area contributed by atoms with Crippen LogP contribution in [0.2, 0.25) is 0 Å². The van der Waals surface area contributed by atoms with Gasteiger partial charge in [0.2, 0.25) is 6.41 Å². The highest BCUT2D eigenvalue weighted by Crippen LogP contribution is 2.41. The van der Waals surface area contributed by atoms with Gasteiger partial charge in [0.25, 0.3) is 5.91 Å². The van der Waals surface area contributed by atoms with E-state index in [0.29, 0.717) is 16.6 Å². The van der Waals surface area contributed by atoms with Gasteiger partial charge in [0.15, 0.2) is 0 Å². The molecule has 0 bridgehead atoms. The summed E-state index contributed by atoms with van der Waals surface area (Å²) in [4.78, 5) is 34.1. The second-order valence-corrected chi connectivity index (χ2v) is 5.29. The van der Waals surface area contributed by atoms with E-state index in [1.165, 1.54) is 16.7 Å². The van der Waals surface area contributed by atoms with Crippen LogP contribution in [-0.4, -0.2) is 45.5 Å². The van der Waals surface area contributed by atoms with Crippen LogP contribution in [0.4, 0.5) is 0 Å². The number of amides is 2. The predicted molar refractivity (Wildman–Crippen MR) is 59.7 cm³/mol. The van der Waals surface area contributed by atoms with Gasteiger partial charge in [0, 0.05) is 10.2 Å². The Morgan fingerprint density at radius 1 is 1.69 bits per heavy atom. The first-order chi connectivity index (χ1) is 7.57. The molecule has 0 aromatic rings. The molecule has 2 aliphatic heterocycles. The highest BCUT2D eigenvalue weighted by molar-refractivity contribution is 9.11. The third kappa shape index (κ3) is 1.52.